The van der Waals surface area contributed by atoms with Gasteiger partial charge in [-0.05, 0) is 6.08 Å². The molecule has 0 aromatic heterocycles. The number of para-hydroxylation sites is 1. The lowest BCUT2D eigenvalue weighted by molar-refractivity contribution is -0.384. The van der Waals surface area contributed by atoms with Crippen molar-refractivity contribution in [1.82, 2.24) is 0 Å². The largest absolute Gasteiger partial charge is 0.366 e. The lowest BCUT2D eigenvalue weighted by atomic mass is 10.3. The van der Waals surface area contributed by atoms with Gasteiger partial charge in [0.2, 0.25) is 5.91 Å². The van der Waals surface area contributed by atoms with Crippen LogP contribution in [0, 0.1) is 10.1 Å². The summed E-state index contributed by atoms with van der Waals surface area (Å²) in [5.41, 5.74) is 4.67. The van der Waals surface area contributed by atoms with E-state index in [1.165, 1.54) is 12.1 Å². The van der Waals surface area contributed by atoms with Crippen LogP contribution >= 0.6 is 0 Å². The van der Waals surface area contributed by atoms with E-state index in [1.54, 1.807) is 18.2 Å². The van der Waals surface area contributed by atoms with Gasteiger partial charge in [-0.2, -0.15) is 0 Å². The minimum atomic E-state index is -0.481. The SMILES string of the molecule is C=CC(N)=O.O=[N+]([O-])c1ccccc1. The molecular weight excluding hydrogens is 184 g/mol. The molecule has 0 fully saturated rings. The van der Waals surface area contributed by atoms with E-state index in [2.05, 4.69) is 12.3 Å². The molecule has 0 saturated heterocycles. The lowest BCUT2D eigenvalue weighted by Gasteiger charge is -1.85. The summed E-state index contributed by atoms with van der Waals surface area (Å²) in [7, 11) is 0. The fraction of sp³-hybridized carbons (Fsp3) is 0. The third-order valence-corrected chi connectivity index (χ3v) is 1.17. The molecule has 5 nitrogen and oxygen atoms in total. The van der Waals surface area contributed by atoms with Gasteiger partial charge in [-0.15, -0.1) is 0 Å². The van der Waals surface area contributed by atoms with Crippen LogP contribution in [0.1, 0.15) is 0 Å². The minimum Gasteiger partial charge on any atom is -0.366 e. The Morgan fingerprint density at radius 2 is 1.86 bits per heavy atom. The molecule has 0 unspecified atom stereocenters. The topological polar surface area (TPSA) is 86.2 Å². The van der Waals surface area contributed by atoms with E-state index in [1.807, 2.05) is 0 Å². The van der Waals surface area contributed by atoms with E-state index < -0.39 is 10.8 Å². The van der Waals surface area contributed by atoms with Gasteiger partial charge in [0, 0.05) is 12.1 Å². The third-order valence-electron chi connectivity index (χ3n) is 1.17. The van der Waals surface area contributed by atoms with Crippen LogP contribution in [0.4, 0.5) is 5.69 Å². The summed E-state index contributed by atoms with van der Waals surface area (Å²) in [6.45, 7) is 3.09. The summed E-state index contributed by atoms with van der Waals surface area (Å²) >= 11 is 0. The Morgan fingerprint density at radius 3 is 2.07 bits per heavy atom. The van der Waals surface area contributed by atoms with Gasteiger partial charge in [0.15, 0.2) is 0 Å². The average Bonchev–Trinajstić information content (AvgIpc) is 2.20. The number of nitro benzene ring substituents is 1. The highest BCUT2D eigenvalue weighted by Crippen LogP contribution is 2.06. The molecule has 1 aromatic carbocycles. The van der Waals surface area contributed by atoms with E-state index in [0.29, 0.717) is 0 Å². The molecule has 0 aliphatic rings. The van der Waals surface area contributed by atoms with E-state index in [9.17, 15) is 14.9 Å². The maximum Gasteiger partial charge on any atom is 0.269 e. The zero-order valence-electron chi connectivity index (χ0n) is 7.42. The fourth-order valence-corrected chi connectivity index (χ4v) is 0.550. The second kappa shape index (κ2) is 6.36. The Kier molecular flexibility index (Phi) is 5.37. The summed E-state index contributed by atoms with van der Waals surface area (Å²) in [4.78, 5) is 19.1. The molecule has 0 atom stereocenters. The molecule has 0 heterocycles. The summed E-state index contributed by atoms with van der Waals surface area (Å²) in [5.74, 6) is -0.481. The fourth-order valence-electron chi connectivity index (χ4n) is 0.550. The van der Waals surface area contributed by atoms with Gasteiger partial charge in [-0.3, -0.25) is 14.9 Å². The molecule has 14 heavy (non-hydrogen) atoms. The predicted molar refractivity (Wildman–Crippen MR) is 52.5 cm³/mol. The highest BCUT2D eigenvalue weighted by atomic mass is 16.6. The number of nitrogens with zero attached hydrogens (tertiary/aromatic N) is 1. The number of benzene rings is 1. The first-order chi connectivity index (χ1) is 6.57. The van der Waals surface area contributed by atoms with Gasteiger partial charge in [0.1, 0.15) is 0 Å². The molecule has 74 valence electrons. The van der Waals surface area contributed by atoms with Crippen LogP contribution in [-0.2, 0) is 4.79 Å². The zero-order chi connectivity index (χ0) is 11.0. The Labute approximate surface area is 81.0 Å². The molecule has 0 aliphatic carbocycles. The van der Waals surface area contributed by atoms with Crippen molar-refractivity contribution < 1.29 is 9.72 Å². The van der Waals surface area contributed by atoms with E-state index in [-0.39, 0.29) is 5.69 Å². The zero-order valence-corrected chi connectivity index (χ0v) is 7.42. The minimum absolute atomic E-state index is 0.137. The molecule has 0 radical (unpaired) electrons. The van der Waals surface area contributed by atoms with Crippen LogP contribution < -0.4 is 5.73 Å². The van der Waals surface area contributed by atoms with Gasteiger partial charge < -0.3 is 5.73 Å². The van der Waals surface area contributed by atoms with Crippen LogP contribution in [0.3, 0.4) is 0 Å². The van der Waals surface area contributed by atoms with Crippen molar-refractivity contribution >= 4 is 11.6 Å². The number of primary amides is 1. The van der Waals surface area contributed by atoms with Gasteiger partial charge in [-0.25, -0.2) is 0 Å². The second-order valence-corrected chi connectivity index (χ2v) is 2.20. The van der Waals surface area contributed by atoms with Crippen molar-refractivity contribution in [3.63, 3.8) is 0 Å². The van der Waals surface area contributed by atoms with Crippen molar-refractivity contribution in [1.29, 1.82) is 0 Å². The molecule has 1 amide bonds. The first-order valence-corrected chi connectivity index (χ1v) is 3.69. The third kappa shape index (κ3) is 5.48. The lowest BCUT2D eigenvalue weighted by Crippen LogP contribution is -2.04. The quantitative estimate of drug-likeness (QED) is 0.436. The molecular formula is C9H10N2O3. The summed E-state index contributed by atoms with van der Waals surface area (Å²) < 4.78 is 0. The standard InChI is InChI=1S/C6H5NO2.C3H5NO/c8-7(9)6-4-2-1-3-5-6;1-2-3(4)5/h1-5H;2H,1H2,(H2,4,5). The summed E-state index contributed by atoms with van der Waals surface area (Å²) in [6.07, 6.45) is 1.06. The van der Waals surface area contributed by atoms with Gasteiger partial charge in [-0.1, -0.05) is 24.8 Å². The van der Waals surface area contributed by atoms with E-state index in [4.69, 9.17) is 0 Å². The number of carbonyl (C=O) groups is 1. The van der Waals surface area contributed by atoms with Crippen molar-refractivity contribution in [2.24, 2.45) is 5.73 Å². The number of amides is 1. The molecule has 0 spiro atoms. The summed E-state index contributed by atoms with van der Waals surface area (Å²) in [6, 6.07) is 7.93. The highest BCUT2D eigenvalue weighted by Gasteiger charge is 1.98. The Hall–Kier alpha value is -2.17. The van der Waals surface area contributed by atoms with Crippen molar-refractivity contribution in [3.05, 3.63) is 53.1 Å². The van der Waals surface area contributed by atoms with Crippen LogP contribution in [0.15, 0.2) is 43.0 Å². The predicted octanol–water partition coefficient (Wildman–Crippen LogP) is 1.25. The molecule has 1 rings (SSSR count). The first-order valence-electron chi connectivity index (χ1n) is 3.69. The first kappa shape index (κ1) is 11.8. The van der Waals surface area contributed by atoms with Crippen molar-refractivity contribution in [2.75, 3.05) is 0 Å². The maximum atomic E-state index is 10.0. The smallest absolute Gasteiger partial charge is 0.269 e. The average molecular weight is 194 g/mol. The molecule has 0 aliphatic heterocycles. The van der Waals surface area contributed by atoms with Crippen LogP contribution in [-0.4, -0.2) is 10.8 Å². The van der Waals surface area contributed by atoms with Crippen LogP contribution in [0.5, 0.6) is 0 Å². The highest BCUT2D eigenvalue weighted by molar-refractivity contribution is 5.84. The van der Waals surface area contributed by atoms with E-state index >= 15 is 0 Å². The number of hydrogen-bond donors (Lipinski definition) is 1. The van der Waals surface area contributed by atoms with Crippen molar-refractivity contribution in [3.8, 4) is 0 Å². The molecule has 0 bridgehead atoms. The number of hydrogen-bond acceptors (Lipinski definition) is 3. The van der Waals surface area contributed by atoms with Gasteiger partial charge in [0.05, 0.1) is 4.92 Å². The molecule has 0 saturated carbocycles. The summed E-state index contributed by atoms with van der Waals surface area (Å²) in [5, 5.41) is 10.0. The number of carbonyl (C=O) groups excluding carboxylic acids is 1. The molecule has 2 N–H and O–H groups in total. The van der Waals surface area contributed by atoms with Gasteiger partial charge >= 0.3 is 0 Å². The second-order valence-electron chi connectivity index (χ2n) is 2.20. The Bertz CT molecular complexity index is 322. The number of rotatable bonds is 2. The van der Waals surface area contributed by atoms with Crippen LogP contribution in [0.2, 0.25) is 0 Å². The van der Waals surface area contributed by atoms with E-state index in [0.717, 1.165) is 6.08 Å². The Morgan fingerprint density at radius 1 is 1.43 bits per heavy atom. The maximum absolute atomic E-state index is 10.0. The number of nitrogens with two attached hydrogens (primary N) is 1. The number of non-ortho nitro benzene ring substituents is 1. The van der Waals surface area contributed by atoms with Crippen LogP contribution in [0.25, 0.3) is 0 Å². The normalized spacial score (nSPS) is 8.00. The molecule has 1 aromatic rings. The molecule has 5 heteroatoms. The Balaban J connectivity index is 0.000000292. The van der Waals surface area contributed by atoms with Gasteiger partial charge in [0.25, 0.3) is 5.69 Å². The van der Waals surface area contributed by atoms with Crippen molar-refractivity contribution in [2.45, 2.75) is 0 Å². The number of nitro groups is 1. The monoisotopic (exact) mass is 194 g/mol.